The Labute approximate surface area is 131 Å². The Balaban J connectivity index is -0.000000277. The Morgan fingerprint density at radius 2 is 1.62 bits per heavy atom. The Hall–Kier alpha value is -1.10. The molecule has 5 heteroatoms. The lowest BCUT2D eigenvalue weighted by atomic mass is 10.1. The van der Waals surface area contributed by atoms with Crippen LogP contribution in [0.15, 0.2) is 0 Å². The zero-order valence-electron chi connectivity index (χ0n) is 15.2. The molecule has 128 valence electrons. The minimum Gasteiger partial charge on any atom is -0.370 e. The molecule has 21 heavy (non-hydrogen) atoms. The van der Waals surface area contributed by atoms with E-state index in [0.29, 0.717) is 18.8 Å². The second-order valence-electron chi connectivity index (χ2n) is 5.27. The molecule has 0 aliphatic rings. The minimum atomic E-state index is -0.190. The Morgan fingerprint density at radius 3 is 1.90 bits per heavy atom. The number of nitrogens with two attached hydrogens (primary N) is 1. The van der Waals surface area contributed by atoms with Crippen molar-refractivity contribution in [3.05, 3.63) is 0 Å². The highest BCUT2D eigenvalue weighted by molar-refractivity contribution is 5.75. The number of rotatable bonds is 8. The van der Waals surface area contributed by atoms with Crippen LogP contribution in [0.3, 0.4) is 0 Å². The van der Waals surface area contributed by atoms with Crippen LogP contribution in [0.25, 0.3) is 0 Å². The van der Waals surface area contributed by atoms with Gasteiger partial charge in [0.2, 0.25) is 11.8 Å². The number of unbranched alkanes of at least 4 members (excludes halogenated alkanes) is 2. The van der Waals surface area contributed by atoms with Crippen LogP contribution in [-0.4, -0.2) is 44.4 Å². The maximum atomic E-state index is 10.9. The molecule has 2 amide bonds. The number of amides is 2. The summed E-state index contributed by atoms with van der Waals surface area (Å²) in [4.78, 5) is 22.7. The smallest absolute Gasteiger partial charge is 0.222 e. The van der Waals surface area contributed by atoms with Crippen molar-refractivity contribution in [2.45, 2.75) is 59.8 Å². The number of hydrogen-bond donors (Lipinski definition) is 2. The van der Waals surface area contributed by atoms with Gasteiger partial charge in [0.1, 0.15) is 0 Å². The van der Waals surface area contributed by atoms with Gasteiger partial charge in [-0.2, -0.15) is 0 Å². The summed E-state index contributed by atoms with van der Waals surface area (Å²) in [5, 5.41) is 3.04. The fourth-order valence-corrected chi connectivity index (χ4v) is 1.31. The summed E-state index contributed by atoms with van der Waals surface area (Å²) in [6.07, 6.45) is 4.33. The second-order valence-corrected chi connectivity index (χ2v) is 5.27. The third kappa shape index (κ3) is 27.9. The molecule has 0 aliphatic carbocycles. The summed E-state index contributed by atoms with van der Waals surface area (Å²) in [6.45, 7) is 9.11. The third-order valence-corrected chi connectivity index (χ3v) is 2.43. The van der Waals surface area contributed by atoms with Crippen molar-refractivity contribution in [2.75, 3.05) is 27.7 Å². The van der Waals surface area contributed by atoms with Crippen molar-refractivity contribution >= 4 is 11.8 Å². The first-order valence-corrected chi connectivity index (χ1v) is 7.94. The summed E-state index contributed by atoms with van der Waals surface area (Å²) >= 11 is 0. The summed E-state index contributed by atoms with van der Waals surface area (Å²) in [7, 11) is 5.49. The summed E-state index contributed by atoms with van der Waals surface area (Å²) in [5.41, 5.74) is 4.95. The van der Waals surface area contributed by atoms with Gasteiger partial charge in [0, 0.05) is 26.9 Å². The Kier molecular flexibility index (Phi) is 22.4. The normalized spacial score (nSPS) is 9.14. The molecular weight excluding hydrogens is 266 g/mol. The number of nitrogens with one attached hydrogen (secondary N) is 1. The maximum Gasteiger partial charge on any atom is 0.222 e. The molecule has 0 radical (unpaired) electrons. The first-order chi connectivity index (χ1) is 9.81. The van der Waals surface area contributed by atoms with Crippen LogP contribution in [0.1, 0.15) is 59.8 Å². The molecule has 0 aromatic heterocycles. The average Bonchev–Trinajstić information content (AvgIpc) is 2.40. The molecule has 0 saturated carbocycles. The van der Waals surface area contributed by atoms with Gasteiger partial charge in [0.05, 0.1) is 0 Å². The Bertz CT molecular complexity index is 242. The molecule has 5 nitrogen and oxygen atoms in total. The first kappa shape index (κ1) is 24.9. The van der Waals surface area contributed by atoms with Gasteiger partial charge in [-0.3, -0.25) is 9.59 Å². The molecule has 0 heterocycles. The van der Waals surface area contributed by atoms with Crippen LogP contribution in [0, 0.1) is 5.92 Å². The number of primary amides is 1. The Morgan fingerprint density at radius 1 is 1.10 bits per heavy atom. The first-order valence-electron chi connectivity index (χ1n) is 7.94. The maximum absolute atomic E-state index is 10.9. The second kappa shape index (κ2) is 18.9. The summed E-state index contributed by atoms with van der Waals surface area (Å²) < 4.78 is 0. The molecule has 0 bridgehead atoms. The highest BCUT2D eigenvalue weighted by Gasteiger charge is 2.04. The van der Waals surface area contributed by atoms with Gasteiger partial charge >= 0.3 is 0 Å². The molecule has 0 spiro atoms. The predicted octanol–water partition coefficient (Wildman–Crippen LogP) is 2.40. The molecule has 0 rings (SSSR count). The lowest BCUT2D eigenvalue weighted by molar-refractivity contribution is -0.129. The average molecular weight is 303 g/mol. The zero-order valence-corrected chi connectivity index (χ0v) is 15.2. The van der Waals surface area contributed by atoms with E-state index in [2.05, 4.69) is 5.32 Å². The lowest BCUT2D eigenvalue weighted by Gasteiger charge is -2.10. The van der Waals surface area contributed by atoms with Crippen molar-refractivity contribution in [2.24, 2.45) is 11.7 Å². The predicted molar refractivity (Wildman–Crippen MR) is 91.1 cm³/mol. The van der Waals surface area contributed by atoms with Gasteiger partial charge in [0.25, 0.3) is 0 Å². The lowest BCUT2D eigenvalue weighted by Crippen LogP contribution is -2.22. The van der Waals surface area contributed by atoms with Crippen molar-refractivity contribution in [3.63, 3.8) is 0 Å². The van der Waals surface area contributed by atoms with Gasteiger partial charge in [0.15, 0.2) is 0 Å². The number of carbonyl (C=O) groups is 2. The molecular formula is C16H37N3O2. The number of nitrogens with zero attached hydrogens (tertiary/aromatic N) is 1. The molecule has 0 saturated heterocycles. The number of carbonyl (C=O) groups excluding carboxylic acids is 2. The van der Waals surface area contributed by atoms with Crippen molar-refractivity contribution < 1.29 is 9.59 Å². The highest BCUT2D eigenvalue weighted by Crippen LogP contribution is 2.00. The topological polar surface area (TPSA) is 75.4 Å². The van der Waals surface area contributed by atoms with Crippen LogP contribution in [0.4, 0.5) is 0 Å². The van der Waals surface area contributed by atoms with E-state index in [0.717, 1.165) is 25.8 Å². The highest BCUT2D eigenvalue weighted by atomic mass is 16.2. The minimum absolute atomic E-state index is 0.190. The number of hydrogen-bond acceptors (Lipinski definition) is 3. The van der Waals surface area contributed by atoms with Gasteiger partial charge in [-0.05, 0) is 32.4 Å². The van der Waals surface area contributed by atoms with Crippen molar-refractivity contribution in [1.82, 2.24) is 10.2 Å². The van der Waals surface area contributed by atoms with Crippen molar-refractivity contribution in [3.8, 4) is 0 Å². The molecule has 0 fully saturated rings. The van der Waals surface area contributed by atoms with E-state index in [1.165, 1.54) is 0 Å². The van der Waals surface area contributed by atoms with E-state index in [1.54, 1.807) is 19.0 Å². The van der Waals surface area contributed by atoms with Crippen molar-refractivity contribution in [1.29, 1.82) is 0 Å². The van der Waals surface area contributed by atoms with Crippen LogP contribution in [0.5, 0.6) is 0 Å². The van der Waals surface area contributed by atoms with Gasteiger partial charge in [-0.25, -0.2) is 0 Å². The van der Waals surface area contributed by atoms with E-state index < -0.39 is 0 Å². The molecule has 0 atom stereocenters. The molecule has 0 aliphatic heterocycles. The van der Waals surface area contributed by atoms with Crippen LogP contribution < -0.4 is 11.1 Å². The fourth-order valence-electron chi connectivity index (χ4n) is 1.31. The van der Waals surface area contributed by atoms with E-state index in [1.807, 2.05) is 34.7 Å². The largest absolute Gasteiger partial charge is 0.370 e. The third-order valence-electron chi connectivity index (χ3n) is 2.43. The quantitative estimate of drug-likeness (QED) is 0.676. The molecule has 0 unspecified atom stereocenters. The monoisotopic (exact) mass is 303 g/mol. The van der Waals surface area contributed by atoms with E-state index in [9.17, 15) is 9.59 Å². The van der Waals surface area contributed by atoms with E-state index >= 15 is 0 Å². The van der Waals surface area contributed by atoms with Gasteiger partial charge < -0.3 is 16.0 Å². The SMILES string of the molecule is CC.CC(C)CC(=O)N(C)C.CNCCCCCC(N)=O. The zero-order chi connectivity index (χ0) is 17.3. The summed E-state index contributed by atoms with van der Waals surface area (Å²) in [5.74, 6) is 0.495. The van der Waals surface area contributed by atoms with Crippen LogP contribution >= 0.6 is 0 Å². The molecule has 0 aromatic rings. The van der Waals surface area contributed by atoms with Crippen LogP contribution in [-0.2, 0) is 9.59 Å². The van der Waals surface area contributed by atoms with E-state index in [4.69, 9.17) is 5.73 Å². The standard InChI is InChI=1S/C7H16N2O.C7H15NO.C2H6/c1-9-6-4-2-3-5-7(8)10;1-6(2)5-7(9)8(3)4;1-2/h9H,2-6H2,1H3,(H2,8,10);6H,5H2,1-4H3;1-2H3. The molecule has 0 aromatic carbocycles. The van der Waals surface area contributed by atoms with Gasteiger partial charge in [-0.1, -0.05) is 34.1 Å². The molecule has 3 N–H and O–H groups in total. The van der Waals surface area contributed by atoms with Gasteiger partial charge in [-0.15, -0.1) is 0 Å². The fraction of sp³-hybridized carbons (Fsp3) is 0.875. The van der Waals surface area contributed by atoms with E-state index in [-0.39, 0.29) is 11.8 Å². The van der Waals surface area contributed by atoms with Crippen LogP contribution in [0.2, 0.25) is 0 Å². The summed E-state index contributed by atoms with van der Waals surface area (Å²) in [6, 6.07) is 0.